The number of carboxylic acids is 1. The maximum Gasteiger partial charge on any atom is 0.305 e. The highest BCUT2D eigenvalue weighted by molar-refractivity contribution is 5.87. The molecule has 3 rings (SSSR count). The number of carbonyl (C=O) groups is 2. The van der Waals surface area contributed by atoms with Crippen molar-refractivity contribution in [3.8, 4) is 0 Å². The number of carbonyl (C=O) groups excluding carboxylic acids is 1. The van der Waals surface area contributed by atoms with Crippen LogP contribution in [0.15, 0.2) is 42.5 Å². The number of amides is 1. The molecule has 34 heavy (non-hydrogen) atoms. The first-order valence-electron chi connectivity index (χ1n) is 11.9. The molecule has 0 spiro atoms. The fraction of sp³-hybridized carbons (Fsp3) is 0.538. The van der Waals surface area contributed by atoms with Crippen LogP contribution in [0, 0.1) is 5.92 Å². The minimum Gasteiger partial charge on any atom is -0.481 e. The van der Waals surface area contributed by atoms with Crippen molar-refractivity contribution in [3.63, 3.8) is 0 Å². The Kier molecular flexibility index (Phi) is 8.99. The Morgan fingerprint density at radius 3 is 2.53 bits per heavy atom. The van der Waals surface area contributed by atoms with Gasteiger partial charge in [-0.15, -0.1) is 0 Å². The molecule has 0 saturated carbocycles. The Bertz CT molecular complexity index is 971. The third kappa shape index (κ3) is 6.31. The summed E-state index contributed by atoms with van der Waals surface area (Å²) in [5.41, 5.74) is 0.0366. The number of hydrogen-bond acceptors (Lipinski definition) is 5. The number of aliphatic hydroxyl groups excluding tert-OH is 1. The van der Waals surface area contributed by atoms with Crippen LogP contribution >= 0.6 is 0 Å². The molecule has 0 aliphatic carbocycles. The second kappa shape index (κ2) is 11.7. The van der Waals surface area contributed by atoms with Crippen LogP contribution < -0.4 is 10.6 Å². The number of carboxylic acid groups (broad SMARTS) is 1. The summed E-state index contributed by atoms with van der Waals surface area (Å²) in [4.78, 5) is 24.6. The second-order valence-corrected chi connectivity index (χ2v) is 9.42. The maximum atomic E-state index is 13.3. The first-order valence-corrected chi connectivity index (χ1v) is 11.9. The molecule has 4 N–H and O–H groups in total. The molecule has 7 nitrogen and oxygen atoms in total. The molecular weight excluding hydrogens is 439 g/mol. The molecule has 3 unspecified atom stereocenters. The summed E-state index contributed by atoms with van der Waals surface area (Å²) in [6, 6.07) is 12.0. The van der Waals surface area contributed by atoms with Crippen molar-refractivity contribution in [1.82, 2.24) is 10.6 Å². The Morgan fingerprint density at radius 2 is 1.88 bits per heavy atom. The van der Waals surface area contributed by atoms with Crippen LogP contribution in [0.25, 0.3) is 10.8 Å². The lowest BCUT2D eigenvalue weighted by Gasteiger charge is -2.42. The van der Waals surface area contributed by atoms with Gasteiger partial charge in [0.15, 0.2) is 0 Å². The molecule has 1 fully saturated rings. The fourth-order valence-corrected chi connectivity index (χ4v) is 4.62. The van der Waals surface area contributed by atoms with Crippen molar-refractivity contribution in [2.24, 2.45) is 5.92 Å². The molecule has 4 atom stereocenters. The Balaban J connectivity index is 1.95. The predicted molar refractivity (Wildman–Crippen MR) is 128 cm³/mol. The molecule has 1 saturated heterocycles. The Labute approximate surface area is 199 Å². The van der Waals surface area contributed by atoms with E-state index in [1.807, 2.05) is 56.3 Å². The number of halogens is 1. The lowest BCUT2D eigenvalue weighted by molar-refractivity contribution is -0.141. The molecule has 1 amide bonds. The van der Waals surface area contributed by atoms with E-state index in [1.165, 1.54) is 0 Å². The van der Waals surface area contributed by atoms with Gasteiger partial charge in [0.1, 0.15) is 18.5 Å². The topological polar surface area (TPSA) is 108 Å². The minimum atomic E-state index is -1.60. The zero-order valence-electron chi connectivity index (χ0n) is 19.8. The number of alkyl halides is 1. The molecule has 0 aromatic heterocycles. The van der Waals surface area contributed by atoms with Crippen molar-refractivity contribution in [2.45, 2.75) is 69.9 Å². The molecule has 2 aromatic carbocycles. The van der Waals surface area contributed by atoms with E-state index in [4.69, 9.17) is 9.84 Å². The second-order valence-electron chi connectivity index (χ2n) is 9.42. The molecule has 1 aliphatic rings. The lowest BCUT2D eigenvalue weighted by Crippen LogP contribution is -2.59. The average Bonchev–Trinajstić information content (AvgIpc) is 2.82. The van der Waals surface area contributed by atoms with Crippen molar-refractivity contribution in [2.75, 3.05) is 13.3 Å². The first-order chi connectivity index (χ1) is 16.3. The largest absolute Gasteiger partial charge is 0.481 e. The molecule has 1 heterocycles. The van der Waals surface area contributed by atoms with Gasteiger partial charge in [0.2, 0.25) is 5.91 Å². The molecule has 1 aliphatic heterocycles. The van der Waals surface area contributed by atoms with Gasteiger partial charge in [-0.25, -0.2) is 4.39 Å². The van der Waals surface area contributed by atoms with Gasteiger partial charge in [0.25, 0.3) is 0 Å². The molecule has 0 bridgehead atoms. The quantitative estimate of drug-likeness (QED) is 0.397. The Morgan fingerprint density at radius 1 is 1.15 bits per heavy atom. The number of rotatable bonds is 11. The van der Waals surface area contributed by atoms with Crippen molar-refractivity contribution in [1.29, 1.82) is 0 Å². The number of aliphatic carboxylic acids is 1. The third-order valence-corrected chi connectivity index (χ3v) is 6.27. The summed E-state index contributed by atoms with van der Waals surface area (Å²) < 4.78 is 19.5. The highest BCUT2D eigenvalue weighted by Crippen LogP contribution is 2.37. The van der Waals surface area contributed by atoms with E-state index < -0.39 is 48.9 Å². The van der Waals surface area contributed by atoms with Crippen LogP contribution in [-0.4, -0.2) is 53.6 Å². The first kappa shape index (κ1) is 26.1. The smallest absolute Gasteiger partial charge is 0.305 e. The standard InChI is InChI=1S/C26H35FN2O5/c1-17(2)14-22(25(33)28-21(15-24(31)32)23(30)16-27)29-26(12-5-6-13-34-26)20-11-7-9-18-8-3-4-10-19(18)20/h3-4,7-11,17,21-23,29-30H,5-6,12-16H2,1-2H3,(H,28,33)(H,31,32)/t21?,22-,23?,26?/m0/s1. The van der Waals surface area contributed by atoms with Crippen molar-refractivity contribution in [3.05, 3.63) is 48.0 Å². The van der Waals surface area contributed by atoms with Crippen LogP contribution in [0.2, 0.25) is 0 Å². The minimum absolute atomic E-state index is 0.139. The summed E-state index contributed by atoms with van der Waals surface area (Å²) in [5.74, 6) is -1.57. The molecular formula is C26H35FN2O5. The number of aliphatic hydroxyl groups is 1. The summed E-state index contributed by atoms with van der Waals surface area (Å²) in [5, 5.41) is 27.2. The fourth-order valence-electron chi connectivity index (χ4n) is 4.62. The number of fused-ring (bicyclic) bond motifs is 1. The van der Waals surface area contributed by atoms with E-state index >= 15 is 0 Å². The lowest BCUT2D eigenvalue weighted by atomic mass is 9.88. The highest BCUT2D eigenvalue weighted by atomic mass is 19.1. The van der Waals surface area contributed by atoms with Gasteiger partial charge in [0, 0.05) is 12.2 Å². The van der Waals surface area contributed by atoms with Gasteiger partial charge < -0.3 is 20.3 Å². The van der Waals surface area contributed by atoms with E-state index in [0.29, 0.717) is 19.4 Å². The highest BCUT2D eigenvalue weighted by Gasteiger charge is 2.40. The van der Waals surface area contributed by atoms with Gasteiger partial charge in [-0.3, -0.25) is 14.9 Å². The number of nitrogens with one attached hydrogen (secondary N) is 2. The van der Waals surface area contributed by atoms with E-state index in [1.54, 1.807) is 0 Å². The monoisotopic (exact) mass is 474 g/mol. The van der Waals surface area contributed by atoms with E-state index in [0.717, 1.165) is 29.2 Å². The Hall–Kier alpha value is -2.55. The van der Waals surface area contributed by atoms with Crippen LogP contribution in [0.3, 0.4) is 0 Å². The van der Waals surface area contributed by atoms with E-state index in [9.17, 15) is 19.1 Å². The van der Waals surface area contributed by atoms with E-state index in [-0.39, 0.29) is 5.92 Å². The molecule has 8 heteroatoms. The van der Waals surface area contributed by atoms with Crippen molar-refractivity contribution < 1.29 is 28.9 Å². The van der Waals surface area contributed by atoms with Gasteiger partial charge >= 0.3 is 5.97 Å². The normalized spacial score (nSPS) is 21.2. The van der Waals surface area contributed by atoms with Gasteiger partial charge in [-0.2, -0.15) is 0 Å². The van der Waals surface area contributed by atoms with Crippen LogP contribution in [0.4, 0.5) is 4.39 Å². The predicted octanol–water partition coefficient (Wildman–Crippen LogP) is 3.49. The summed E-state index contributed by atoms with van der Waals surface area (Å²) in [7, 11) is 0. The van der Waals surface area contributed by atoms with Crippen molar-refractivity contribution >= 4 is 22.6 Å². The molecule has 0 radical (unpaired) electrons. The van der Waals surface area contributed by atoms with Crippen LogP contribution in [0.5, 0.6) is 0 Å². The summed E-state index contributed by atoms with van der Waals surface area (Å²) >= 11 is 0. The maximum absolute atomic E-state index is 13.3. The van der Waals surface area contributed by atoms with Crippen LogP contribution in [0.1, 0.15) is 51.5 Å². The third-order valence-electron chi connectivity index (χ3n) is 6.27. The summed E-state index contributed by atoms with van der Waals surface area (Å²) in [6.45, 7) is 3.36. The van der Waals surface area contributed by atoms with Gasteiger partial charge in [-0.1, -0.05) is 56.3 Å². The molecule has 186 valence electrons. The average molecular weight is 475 g/mol. The molecule has 2 aromatic rings. The SMILES string of the molecule is CC(C)C[C@H](NC1(c2cccc3ccccc23)CCCCO1)C(=O)NC(CC(=O)O)C(O)CF. The summed E-state index contributed by atoms with van der Waals surface area (Å²) in [6.07, 6.45) is 0.767. The zero-order valence-corrected chi connectivity index (χ0v) is 19.8. The zero-order chi connectivity index (χ0) is 24.7. The number of ether oxygens (including phenoxy) is 1. The number of benzene rings is 2. The number of hydrogen-bond donors (Lipinski definition) is 4. The van der Waals surface area contributed by atoms with E-state index in [2.05, 4.69) is 10.6 Å². The van der Waals surface area contributed by atoms with Gasteiger partial charge in [0.05, 0.1) is 18.5 Å². The van der Waals surface area contributed by atoms with Crippen LogP contribution in [-0.2, 0) is 20.1 Å². The van der Waals surface area contributed by atoms with Gasteiger partial charge in [-0.05, 0) is 42.4 Å².